The second-order valence-electron chi connectivity index (χ2n) is 12.1. The van der Waals surface area contributed by atoms with Crippen LogP contribution >= 0.6 is 0 Å². The zero-order chi connectivity index (χ0) is 31.6. The van der Waals surface area contributed by atoms with Crippen LogP contribution in [0, 0.1) is 0 Å². The first-order chi connectivity index (χ1) is 23.8. The van der Waals surface area contributed by atoms with Gasteiger partial charge in [-0.3, -0.25) is 9.97 Å². The van der Waals surface area contributed by atoms with E-state index in [4.69, 9.17) is 4.98 Å². The Kier molecular flexibility index (Phi) is 5.81. The maximum atomic E-state index is 5.04. The van der Waals surface area contributed by atoms with Gasteiger partial charge in [-0.2, -0.15) is 0 Å². The zero-order valence-corrected chi connectivity index (χ0v) is 25.8. The molecule has 5 aromatic heterocycles. The predicted octanol–water partition coefficient (Wildman–Crippen LogP) is 10.6. The van der Waals surface area contributed by atoms with E-state index < -0.39 is 0 Å². The molecule has 10 aromatic rings. The summed E-state index contributed by atoms with van der Waals surface area (Å²) >= 11 is 0. The average Bonchev–Trinajstić information content (AvgIpc) is 3.69. The Morgan fingerprint density at radius 1 is 0.333 bits per heavy atom. The quantitative estimate of drug-likeness (QED) is 0.198. The Morgan fingerprint density at radius 3 is 1.33 bits per heavy atom. The highest BCUT2D eigenvalue weighted by molar-refractivity contribution is 6.29. The van der Waals surface area contributed by atoms with Crippen LogP contribution in [0.15, 0.2) is 164 Å². The summed E-state index contributed by atoms with van der Waals surface area (Å²) in [5, 5.41) is 7.43. The lowest BCUT2D eigenvalue weighted by molar-refractivity contribution is 1.14. The van der Waals surface area contributed by atoms with Crippen LogP contribution in [0.2, 0.25) is 0 Å². The Balaban J connectivity index is 1.30. The molecule has 0 aliphatic carbocycles. The molecular formula is C43H27N5. The second kappa shape index (κ2) is 10.5. The first-order valence-electron chi connectivity index (χ1n) is 16.1. The normalized spacial score (nSPS) is 11.8. The molecule has 0 spiro atoms. The SMILES string of the molecule is c1ccc(-n2c3ccccc3c3c4ccc5c(c4ccc32)c2ccccc2n5-c2cc(-c3ccccn3)nc(-c3ccccn3)c2)cc1. The highest BCUT2D eigenvalue weighted by Gasteiger charge is 2.20. The number of rotatable bonds is 4. The van der Waals surface area contributed by atoms with Gasteiger partial charge in [-0.25, -0.2) is 4.98 Å². The number of fused-ring (bicyclic) bond motifs is 9. The van der Waals surface area contributed by atoms with Gasteiger partial charge in [0.1, 0.15) is 0 Å². The molecular weight excluding hydrogens is 587 g/mol. The summed E-state index contributed by atoms with van der Waals surface area (Å²) in [7, 11) is 0. The molecule has 0 saturated heterocycles. The van der Waals surface area contributed by atoms with Gasteiger partial charge in [0.15, 0.2) is 0 Å². The van der Waals surface area contributed by atoms with Gasteiger partial charge in [0.05, 0.1) is 50.5 Å². The minimum absolute atomic E-state index is 0.802. The van der Waals surface area contributed by atoms with E-state index in [1.807, 2.05) is 48.8 Å². The van der Waals surface area contributed by atoms with E-state index in [0.717, 1.165) is 45.2 Å². The highest BCUT2D eigenvalue weighted by Crippen LogP contribution is 2.42. The Hall–Kier alpha value is -6.59. The van der Waals surface area contributed by atoms with Crippen LogP contribution in [-0.4, -0.2) is 24.1 Å². The molecule has 0 radical (unpaired) electrons. The van der Waals surface area contributed by atoms with Crippen molar-refractivity contribution < 1.29 is 0 Å². The Morgan fingerprint density at radius 2 is 0.812 bits per heavy atom. The van der Waals surface area contributed by atoms with Gasteiger partial charge >= 0.3 is 0 Å². The van der Waals surface area contributed by atoms with E-state index in [0.29, 0.717) is 0 Å². The van der Waals surface area contributed by atoms with Crippen LogP contribution in [0.5, 0.6) is 0 Å². The molecule has 48 heavy (non-hydrogen) atoms. The number of nitrogens with zero attached hydrogens (tertiary/aromatic N) is 5. The first-order valence-corrected chi connectivity index (χ1v) is 16.1. The predicted molar refractivity (Wildman–Crippen MR) is 197 cm³/mol. The van der Waals surface area contributed by atoms with Gasteiger partial charge in [-0.15, -0.1) is 0 Å². The number of pyridine rings is 3. The monoisotopic (exact) mass is 613 g/mol. The van der Waals surface area contributed by atoms with Crippen LogP contribution in [0.4, 0.5) is 0 Å². The lowest BCUT2D eigenvalue weighted by Crippen LogP contribution is -1.99. The summed E-state index contributed by atoms with van der Waals surface area (Å²) in [6.45, 7) is 0. The van der Waals surface area contributed by atoms with Crippen molar-refractivity contribution in [3.63, 3.8) is 0 Å². The van der Waals surface area contributed by atoms with Crippen molar-refractivity contribution >= 4 is 54.4 Å². The van der Waals surface area contributed by atoms with E-state index in [9.17, 15) is 0 Å². The number of hydrogen-bond donors (Lipinski definition) is 0. The van der Waals surface area contributed by atoms with E-state index in [1.54, 1.807) is 0 Å². The lowest BCUT2D eigenvalue weighted by Gasteiger charge is -2.13. The standard InChI is InChI=1S/C43H27N5/c1-2-12-28(13-3-1)47-38-18-6-4-14-32(38)42-30-21-23-41-43(31(30)20-22-40(42)47)33-15-5-7-19-39(33)48(41)29-26-36(34-16-8-10-24-44-34)46-37(27-29)35-17-9-11-25-45-35/h1-27H. The molecule has 0 aliphatic rings. The van der Waals surface area contributed by atoms with Crippen LogP contribution in [0.25, 0.3) is 88.5 Å². The smallest absolute Gasteiger partial charge is 0.0915 e. The maximum Gasteiger partial charge on any atom is 0.0915 e. The molecule has 5 heterocycles. The van der Waals surface area contributed by atoms with Crippen molar-refractivity contribution in [1.82, 2.24) is 24.1 Å². The topological polar surface area (TPSA) is 48.5 Å². The Labute approximate surface area is 276 Å². The van der Waals surface area contributed by atoms with Crippen LogP contribution < -0.4 is 0 Å². The molecule has 0 unspecified atom stereocenters. The third kappa shape index (κ3) is 3.94. The van der Waals surface area contributed by atoms with Crippen molar-refractivity contribution in [3.05, 3.63) is 164 Å². The van der Waals surface area contributed by atoms with Crippen molar-refractivity contribution in [2.45, 2.75) is 0 Å². The summed E-state index contributed by atoms with van der Waals surface area (Å²) in [5.41, 5.74) is 10.1. The average molecular weight is 614 g/mol. The first kappa shape index (κ1) is 26.6. The van der Waals surface area contributed by atoms with Gasteiger partial charge in [0, 0.05) is 39.6 Å². The number of aromatic nitrogens is 5. The van der Waals surface area contributed by atoms with E-state index >= 15 is 0 Å². The van der Waals surface area contributed by atoms with Gasteiger partial charge in [-0.05, 0) is 83.6 Å². The highest BCUT2D eigenvalue weighted by atomic mass is 15.0. The maximum absolute atomic E-state index is 5.04. The molecule has 0 atom stereocenters. The van der Waals surface area contributed by atoms with Gasteiger partial charge in [0.25, 0.3) is 0 Å². The van der Waals surface area contributed by atoms with Crippen LogP contribution in [-0.2, 0) is 0 Å². The summed E-state index contributed by atoms with van der Waals surface area (Å²) in [6, 6.07) is 53.4. The molecule has 5 heteroatoms. The minimum atomic E-state index is 0.802. The third-order valence-corrected chi connectivity index (χ3v) is 9.40. The zero-order valence-electron chi connectivity index (χ0n) is 25.8. The number of benzene rings is 5. The van der Waals surface area contributed by atoms with Crippen molar-refractivity contribution in [2.75, 3.05) is 0 Å². The molecule has 5 aromatic carbocycles. The van der Waals surface area contributed by atoms with Gasteiger partial charge in [0.2, 0.25) is 0 Å². The van der Waals surface area contributed by atoms with Crippen LogP contribution in [0.3, 0.4) is 0 Å². The summed E-state index contributed by atoms with van der Waals surface area (Å²) in [6.07, 6.45) is 3.62. The fourth-order valence-corrected chi connectivity index (χ4v) is 7.41. The molecule has 10 rings (SSSR count). The lowest BCUT2D eigenvalue weighted by atomic mass is 9.99. The van der Waals surface area contributed by atoms with Crippen molar-refractivity contribution in [1.29, 1.82) is 0 Å². The van der Waals surface area contributed by atoms with E-state index in [-0.39, 0.29) is 0 Å². The summed E-state index contributed by atoms with van der Waals surface area (Å²) in [4.78, 5) is 14.4. The van der Waals surface area contributed by atoms with Gasteiger partial charge < -0.3 is 9.13 Å². The summed E-state index contributed by atoms with van der Waals surface area (Å²) in [5.74, 6) is 0. The number of hydrogen-bond acceptors (Lipinski definition) is 3. The van der Waals surface area contributed by atoms with E-state index in [2.05, 4.69) is 134 Å². The molecule has 0 fully saturated rings. The molecule has 5 nitrogen and oxygen atoms in total. The number of para-hydroxylation sites is 3. The summed E-state index contributed by atoms with van der Waals surface area (Å²) < 4.78 is 4.74. The molecule has 0 aliphatic heterocycles. The molecule has 224 valence electrons. The fourth-order valence-electron chi connectivity index (χ4n) is 7.41. The van der Waals surface area contributed by atoms with Crippen molar-refractivity contribution in [2.24, 2.45) is 0 Å². The Bertz CT molecular complexity index is 2760. The van der Waals surface area contributed by atoms with E-state index in [1.165, 1.54) is 43.4 Å². The third-order valence-electron chi connectivity index (χ3n) is 9.40. The van der Waals surface area contributed by atoms with Crippen LogP contribution in [0.1, 0.15) is 0 Å². The van der Waals surface area contributed by atoms with Crippen molar-refractivity contribution in [3.8, 4) is 34.2 Å². The molecule has 0 amide bonds. The fraction of sp³-hybridized carbons (Fsp3) is 0. The molecule has 0 bridgehead atoms. The minimum Gasteiger partial charge on any atom is -0.309 e. The second-order valence-corrected chi connectivity index (χ2v) is 12.1. The molecule has 0 N–H and O–H groups in total. The van der Waals surface area contributed by atoms with Gasteiger partial charge in [-0.1, -0.05) is 78.9 Å². The molecule has 0 saturated carbocycles. The largest absolute Gasteiger partial charge is 0.309 e.